The van der Waals surface area contributed by atoms with Gasteiger partial charge in [-0.2, -0.15) is 5.10 Å². The molecule has 8 heteroatoms. The van der Waals surface area contributed by atoms with Crippen LogP contribution in [0.3, 0.4) is 0 Å². The van der Waals surface area contributed by atoms with Crippen molar-refractivity contribution in [1.82, 2.24) is 14.7 Å². The lowest BCUT2D eigenvalue weighted by Crippen LogP contribution is -2.46. The lowest BCUT2D eigenvalue weighted by Gasteiger charge is -2.37. The maximum atomic E-state index is 12.5. The number of piperidine rings is 1. The number of hydrogen-bond acceptors (Lipinski definition) is 5. The summed E-state index contributed by atoms with van der Waals surface area (Å²) in [5.41, 5.74) is 1.61. The summed E-state index contributed by atoms with van der Waals surface area (Å²) in [5.74, 6) is -0.982. The SMILES string of the molecule is CCCn1cc(CN2CCC3(CC2)CN(c2ccc(C(=O)O)cc2)C(=O)O3)cn1. The van der Waals surface area contributed by atoms with Crippen molar-refractivity contribution in [2.24, 2.45) is 0 Å². The van der Waals surface area contributed by atoms with Crippen LogP contribution >= 0.6 is 0 Å². The molecule has 4 rings (SSSR count). The quantitative estimate of drug-likeness (QED) is 0.805. The number of aromatic carboxylic acids is 1. The molecule has 1 amide bonds. The summed E-state index contributed by atoms with van der Waals surface area (Å²) in [6.07, 6.45) is 6.30. The number of aryl methyl sites for hydroxylation is 1. The topological polar surface area (TPSA) is 87.9 Å². The van der Waals surface area contributed by atoms with E-state index in [9.17, 15) is 9.59 Å². The van der Waals surface area contributed by atoms with E-state index in [0.717, 1.165) is 45.4 Å². The minimum absolute atomic E-state index is 0.201. The number of carbonyl (C=O) groups excluding carboxylic acids is 1. The summed E-state index contributed by atoms with van der Waals surface area (Å²) in [7, 11) is 0. The van der Waals surface area contributed by atoms with Crippen molar-refractivity contribution >= 4 is 17.7 Å². The van der Waals surface area contributed by atoms with Crippen molar-refractivity contribution < 1.29 is 19.4 Å². The van der Waals surface area contributed by atoms with Gasteiger partial charge in [-0.1, -0.05) is 6.92 Å². The second-order valence-electron chi connectivity index (χ2n) is 7.88. The Morgan fingerprint density at radius 1 is 1.24 bits per heavy atom. The molecule has 0 aliphatic carbocycles. The molecule has 0 unspecified atom stereocenters. The van der Waals surface area contributed by atoms with Gasteiger partial charge in [-0.3, -0.25) is 14.5 Å². The highest BCUT2D eigenvalue weighted by Gasteiger charge is 2.47. The number of anilines is 1. The van der Waals surface area contributed by atoms with Crippen molar-refractivity contribution in [2.45, 2.75) is 44.9 Å². The molecule has 8 nitrogen and oxygen atoms in total. The van der Waals surface area contributed by atoms with E-state index >= 15 is 0 Å². The van der Waals surface area contributed by atoms with Crippen molar-refractivity contribution in [1.29, 1.82) is 0 Å². The summed E-state index contributed by atoms with van der Waals surface area (Å²) < 4.78 is 7.78. The molecule has 1 spiro atoms. The fraction of sp³-hybridized carbons (Fsp3) is 0.476. The summed E-state index contributed by atoms with van der Waals surface area (Å²) in [4.78, 5) is 27.5. The molecule has 0 atom stereocenters. The van der Waals surface area contributed by atoms with Gasteiger partial charge in [0.15, 0.2) is 0 Å². The first-order valence-electron chi connectivity index (χ1n) is 10.1. The van der Waals surface area contributed by atoms with Crippen molar-refractivity contribution in [3.8, 4) is 0 Å². The van der Waals surface area contributed by atoms with Crippen LogP contribution in [-0.4, -0.2) is 57.1 Å². The number of aromatic nitrogens is 2. The Morgan fingerprint density at radius 3 is 2.62 bits per heavy atom. The van der Waals surface area contributed by atoms with E-state index < -0.39 is 11.6 Å². The van der Waals surface area contributed by atoms with Crippen LogP contribution in [0.4, 0.5) is 10.5 Å². The van der Waals surface area contributed by atoms with Gasteiger partial charge in [0.2, 0.25) is 0 Å². The summed E-state index contributed by atoms with van der Waals surface area (Å²) >= 11 is 0. The lowest BCUT2D eigenvalue weighted by atomic mass is 9.91. The molecular formula is C21H26N4O4. The Kier molecular flexibility index (Phi) is 5.27. The smallest absolute Gasteiger partial charge is 0.415 e. The molecule has 0 radical (unpaired) electrons. The summed E-state index contributed by atoms with van der Waals surface area (Å²) in [6.45, 7) is 6.14. The van der Waals surface area contributed by atoms with Crippen LogP contribution in [0, 0.1) is 0 Å². The Labute approximate surface area is 169 Å². The number of rotatable bonds is 6. The molecule has 1 N–H and O–H groups in total. The fourth-order valence-electron chi connectivity index (χ4n) is 4.08. The van der Waals surface area contributed by atoms with Gasteiger partial charge in [-0.25, -0.2) is 9.59 Å². The minimum Gasteiger partial charge on any atom is -0.478 e. The molecule has 2 fully saturated rings. The molecule has 29 heavy (non-hydrogen) atoms. The predicted octanol–water partition coefficient (Wildman–Crippen LogP) is 2.98. The molecule has 154 valence electrons. The number of amides is 1. The van der Waals surface area contributed by atoms with Crippen LogP contribution in [0.2, 0.25) is 0 Å². The van der Waals surface area contributed by atoms with Gasteiger partial charge in [0.05, 0.1) is 18.3 Å². The molecule has 3 heterocycles. The van der Waals surface area contributed by atoms with E-state index in [4.69, 9.17) is 9.84 Å². The average molecular weight is 398 g/mol. The average Bonchev–Trinajstić information content (AvgIpc) is 3.28. The third kappa shape index (κ3) is 4.12. The second kappa shape index (κ2) is 7.87. The van der Waals surface area contributed by atoms with E-state index in [1.54, 1.807) is 17.0 Å². The third-order valence-electron chi connectivity index (χ3n) is 5.71. The van der Waals surface area contributed by atoms with E-state index in [1.165, 1.54) is 17.7 Å². The maximum Gasteiger partial charge on any atom is 0.415 e. The van der Waals surface area contributed by atoms with Crippen molar-refractivity contribution in [3.05, 3.63) is 47.8 Å². The van der Waals surface area contributed by atoms with Gasteiger partial charge >= 0.3 is 12.1 Å². The van der Waals surface area contributed by atoms with Crippen molar-refractivity contribution in [3.63, 3.8) is 0 Å². The molecular weight excluding hydrogens is 372 g/mol. The number of hydrogen-bond donors (Lipinski definition) is 1. The molecule has 2 aliphatic heterocycles. The standard InChI is InChI=1S/C21H26N4O4/c1-2-9-24-14-16(12-22-24)13-23-10-7-21(8-11-23)15-25(20(28)29-21)18-5-3-17(4-6-18)19(26)27/h3-6,12,14H,2,7-11,13,15H2,1H3,(H,26,27). The Hall–Kier alpha value is -2.87. The first-order chi connectivity index (χ1) is 14.0. The van der Waals surface area contributed by atoms with E-state index in [2.05, 4.69) is 23.1 Å². The minimum atomic E-state index is -0.982. The van der Waals surface area contributed by atoms with Crippen LogP contribution in [-0.2, 0) is 17.8 Å². The number of likely N-dealkylation sites (tertiary alicyclic amines) is 1. The first-order valence-corrected chi connectivity index (χ1v) is 10.1. The Morgan fingerprint density at radius 2 is 1.97 bits per heavy atom. The number of carboxylic acid groups (broad SMARTS) is 1. The zero-order valence-electron chi connectivity index (χ0n) is 16.6. The Balaban J connectivity index is 1.35. The maximum absolute atomic E-state index is 12.5. The summed E-state index contributed by atoms with van der Waals surface area (Å²) in [6, 6.07) is 6.34. The number of carbonyl (C=O) groups is 2. The van der Waals surface area contributed by atoms with Gasteiger partial charge in [-0.15, -0.1) is 0 Å². The molecule has 0 bridgehead atoms. The lowest BCUT2D eigenvalue weighted by molar-refractivity contribution is -0.000983. The highest BCUT2D eigenvalue weighted by atomic mass is 16.6. The normalized spacial score (nSPS) is 18.9. The van der Waals surface area contributed by atoms with Crippen LogP contribution in [0.5, 0.6) is 0 Å². The van der Waals surface area contributed by atoms with Crippen LogP contribution in [0.15, 0.2) is 36.7 Å². The summed E-state index contributed by atoms with van der Waals surface area (Å²) in [5, 5.41) is 13.4. The highest BCUT2D eigenvalue weighted by molar-refractivity contribution is 5.92. The largest absolute Gasteiger partial charge is 0.478 e. The monoisotopic (exact) mass is 398 g/mol. The van der Waals surface area contributed by atoms with Gasteiger partial charge in [0.25, 0.3) is 0 Å². The third-order valence-corrected chi connectivity index (χ3v) is 5.71. The van der Waals surface area contributed by atoms with Crippen LogP contribution < -0.4 is 4.90 Å². The van der Waals surface area contributed by atoms with Gasteiger partial charge in [0, 0.05) is 56.5 Å². The number of carboxylic acids is 1. The molecule has 1 aromatic carbocycles. The zero-order valence-corrected chi connectivity index (χ0v) is 16.6. The fourth-order valence-corrected chi connectivity index (χ4v) is 4.08. The number of ether oxygens (including phenoxy) is 1. The number of nitrogens with zero attached hydrogens (tertiary/aromatic N) is 4. The van der Waals surface area contributed by atoms with Gasteiger partial charge in [-0.05, 0) is 30.7 Å². The first kappa shape index (κ1) is 19.4. The molecule has 2 aromatic rings. The van der Waals surface area contributed by atoms with Gasteiger partial charge in [0.1, 0.15) is 5.60 Å². The highest BCUT2D eigenvalue weighted by Crippen LogP contribution is 2.36. The predicted molar refractivity (Wildman–Crippen MR) is 107 cm³/mol. The Bertz CT molecular complexity index is 884. The van der Waals surface area contributed by atoms with E-state index in [-0.39, 0.29) is 11.7 Å². The van der Waals surface area contributed by atoms with E-state index in [0.29, 0.717) is 12.2 Å². The second-order valence-corrected chi connectivity index (χ2v) is 7.88. The molecule has 0 saturated carbocycles. The van der Waals surface area contributed by atoms with Crippen LogP contribution in [0.25, 0.3) is 0 Å². The van der Waals surface area contributed by atoms with Gasteiger partial charge < -0.3 is 9.84 Å². The van der Waals surface area contributed by atoms with Crippen LogP contribution in [0.1, 0.15) is 42.1 Å². The zero-order chi connectivity index (χ0) is 20.4. The molecule has 2 aliphatic rings. The molecule has 2 saturated heterocycles. The molecule has 1 aromatic heterocycles. The number of benzene rings is 1. The van der Waals surface area contributed by atoms with Crippen molar-refractivity contribution in [2.75, 3.05) is 24.5 Å². The van der Waals surface area contributed by atoms with E-state index in [1.807, 2.05) is 10.9 Å².